The predicted octanol–water partition coefficient (Wildman–Crippen LogP) is 2.62. The van der Waals surface area contributed by atoms with Crippen molar-refractivity contribution in [1.82, 2.24) is 24.7 Å². The number of fused-ring (bicyclic) bond motifs is 2. The molecule has 0 spiro atoms. The standard InChI is InChI=1S/C18H18Cl2N6O/c1-24-4-5-27-15-10-25(9-14(15)24)17-3-2-16-21-22-18(26(16)23-17)11-6-12(19)8-13(20)7-11/h2-3,6-8,14-15H,4-5,9-10H2,1H3. The van der Waals surface area contributed by atoms with Crippen LogP contribution in [0.5, 0.6) is 0 Å². The first-order valence-corrected chi connectivity index (χ1v) is 9.60. The lowest BCUT2D eigenvalue weighted by Crippen LogP contribution is -2.48. The van der Waals surface area contributed by atoms with E-state index in [9.17, 15) is 0 Å². The molecule has 2 aliphatic rings. The molecule has 0 amide bonds. The molecule has 1 aromatic carbocycles. The Morgan fingerprint density at radius 2 is 1.89 bits per heavy atom. The Balaban J connectivity index is 1.52. The number of aromatic nitrogens is 4. The molecule has 2 saturated heterocycles. The van der Waals surface area contributed by atoms with Gasteiger partial charge in [-0.1, -0.05) is 23.2 Å². The number of anilines is 1. The predicted molar refractivity (Wildman–Crippen MR) is 105 cm³/mol. The van der Waals surface area contributed by atoms with Gasteiger partial charge in [-0.15, -0.1) is 15.3 Å². The molecule has 9 heteroatoms. The maximum absolute atomic E-state index is 6.15. The van der Waals surface area contributed by atoms with Crippen molar-refractivity contribution in [3.63, 3.8) is 0 Å². The quantitative estimate of drug-likeness (QED) is 0.654. The zero-order valence-corrected chi connectivity index (χ0v) is 16.2. The number of benzene rings is 1. The molecular weight excluding hydrogens is 387 g/mol. The molecule has 3 aromatic rings. The molecule has 7 nitrogen and oxygen atoms in total. The first-order chi connectivity index (χ1) is 13.1. The monoisotopic (exact) mass is 404 g/mol. The lowest BCUT2D eigenvalue weighted by Gasteiger charge is -2.33. The van der Waals surface area contributed by atoms with Gasteiger partial charge in [0.1, 0.15) is 5.82 Å². The Morgan fingerprint density at radius 3 is 2.67 bits per heavy atom. The second kappa shape index (κ2) is 6.60. The highest BCUT2D eigenvalue weighted by molar-refractivity contribution is 6.35. The summed E-state index contributed by atoms with van der Waals surface area (Å²) in [5.74, 6) is 1.49. The van der Waals surface area contributed by atoms with Gasteiger partial charge in [0, 0.05) is 35.2 Å². The van der Waals surface area contributed by atoms with Crippen LogP contribution in [0.15, 0.2) is 30.3 Å². The minimum absolute atomic E-state index is 0.216. The molecule has 2 atom stereocenters. The molecule has 0 N–H and O–H groups in total. The molecule has 140 valence electrons. The third kappa shape index (κ3) is 3.04. The Hall–Kier alpha value is -1.93. The first kappa shape index (κ1) is 17.2. The van der Waals surface area contributed by atoms with Crippen LogP contribution in [0.3, 0.4) is 0 Å². The molecule has 2 aromatic heterocycles. The highest BCUT2D eigenvalue weighted by Gasteiger charge is 2.39. The van der Waals surface area contributed by atoms with Crippen molar-refractivity contribution in [2.75, 3.05) is 38.2 Å². The molecule has 0 saturated carbocycles. The van der Waals surface area contributed by atoms with Crippen molar-refractivity contribution in [3.05, 3.63) is 40.4 Å². The number of hydrogen-bond acceptors (Lipinski definition) is 6. The average molecular weight is 405 g/mol. The van der Waals surface area contributed by atoms with Crippen molar-refractivity contribution in [1.29, 1.82) is 0 Å². The van der Waals surface area contributed by atoms with Gasteiger partial charge in [-0.25, -0.2) is 0 Å². The van der Waals surface area contributed by atoms with Gasteiger partial charge in [-0.2, -0.15) is 4.52 Å². The van der Waals surface area contributed by atoms with Gasteiger partial charge in [-0.05, 0) is 37.4 Å². The van der Waals surface area contributed by atoms with Crippen molar-refractivity contribution in [3.8, 4) is 11.4 Å². The summed E-state index contributed by atoms with van der Waals surface area (Å²) in [6.45, 7) is 3.46. The van der Waals surface area contributed by atoms with E-state index in [-0.39, 0.29) is 6.10 Å². The largest absolute Gasteiger partial charge is 0.373 e. The molecule has 0 aliphatic carbocycles. The summed E-state index contributed by atoms with van der Waals surface area (Å²) < 4.78 is 7.68. The summed E-state index contributed by atoms with van der Waals surface area (Å²) in [6, 6.07) is 9.62. The number of ether oxygens (including phenoxy) is 1. The van der Waals surface area contributed by atoms with Gasteiger partial charge in [0.2, 0.25) is 0 Å². The van der Waals surface area contributed by atoms with E-state index in [0.29, 0.717) is 27.6 Å². The van der Waals surface area contributed by atoms with Gasteiger partial charge >= 0.3 is 0 Å². The van der Waals surface area contributed by atoms with E-state index in [0.717, 1.165) is 37.6 Å². The van der Waals surface area contributed by atoms with E-state index < -0.39 is 0 Å². The number of likely N-dealkylation sites (N-methyl/N-ethyl adjacent to an activating group) is 1. The third-order valence-corrected chi connectivity index (χ3v) is 5.71. The van der Waals surface area contributed by atoms with Crippen LogP contribution in [0.1, 0.15) is 0 Å². The van der Waals surface area contributed by atoms with E-state index >= 15 is 0 Å². The van der Waals surface area contributed by atoms with Crippen molar-refractivity contribution < 1.29 is 4.74 Å². The summed E-state index contributed by atoms with van der Waals surface area (Å²) in [7, 11) is 2.15. The maximum atomic E-state index is 6.15. The fourth-order valence-corrected chi connectivity index (χ4v) is 4.38. The van der Waals surface area contributed by atoms with Crippen molar-refractivity contribution in [2.45, 2.75) is 12.1 Å². The normalized spacial score (nSPS) is 23.1. The molecule has 4 heterocycles. The van der Waals surface area contributed by atoms with Gasteiger partial charge in [-0.3, -0.25) is 4.90 Å². The molecule has 0 radical (unpaired) electrons. The summed E-state index contributed by atoms with van der Waals surface area (Å²) in [5, 5.41) is 14.4. The fourth-order valence-electron chi connectivity index (χ4n) is 3.86. The van der Waals surface area contributed by atoms with Crippen LogP contribution in [-0.2, 0) is 4.74 Å². The SMILES string of the molecule is CN1CCOC2CN(c3ccc4nnc(-c5cc(Cl)cc(Cl)c5)n4n3)CC21. The lowest BCUT2D eigenvalue weighted by molar-refractivity contribution is -0.0362. The summed E-state index contributed by atoms with van der Waals surface area (Å²) >= 11 is 12.3. The van der Waals surface area contributed by atoms with E-state index in [4.69, 9.17) is 33.0 Å². The van der Waals surface area contributed by atoms with Crippen LogP contribution in [0.4, 0.5) is 5.82 Å². The second-order valence-corrected chi connectivity index (χ2v) is 7.88. The second-order valence-electron chi connectivity index (χ2n) is 7.01. The van der Waals surface area contributed by atoms with Gasteiger partial charge < -0.3 is 9.64 Å². The fraction of sp³-hybridized carbons (Fsp3) is 0.389. The highest BCUT2D eigenvalue weighted by Crippen LogP contribution is 2.28. The smallest absolute Gasteiger partial charge is 0.185 e. The molecular formula is C18H18Cl2N6O. The Labute approximate surface area is 166 Å². The van der Waals surface area contributed by atoms with Crippen molar-refractivity contribution >= 4 is 34.7 Å². The van der Waals surface area contributed by atoms with Crippen LogP contribution in [0.25, 0.3) is 17.0 Å². The molecule has 2 unspecified atom stereocenters. The van der Waals surface area contributed by atoms with E-state index in [1.54, 1.807) is 10.6 Å². The summed E-state index contributed by atoms with van der Waals surface area (Å²) in [6.07, 6.45) is 0.216. The zero-order chi connectivity index (χ0) is 18.5. The molecule has 27 heavy (non-hydrogen) atoms. The topological polar surface area (TPSA) is 58.8 Å². The van der Waals surface area contributed by atoms with Gasteiger partial charge in [0.25, 0.3) is 0 Å². The number of halogens is 2. The molecule has 0 bridgehead atoms. The Morgan fingerprint density at radius 1 is 1.07 bits per heavy atom. The van der Waals surface area contributed by atoms with Crippen LogP contribution in [0.2, 0.25) is 10.0 Å². The zero-order valence-electron chi connectivity index (χ0n) is 14.7. The van der Waals surface area contributed by atoms with Crippen LogP contribution >= 0.6 is 23.2 Å². The minimum Gasteiger partial charge on any atom is -0.373 e. The average Bonchev–Trinajstić information content (AvgIpc) is 3.25. The lowest BCUT2D eigenvalue weighted by atomic mass is 10.1. The van der Waals surface area contributed by atoms with E-state index in [2.05, 4.69) is 27.0 Å². The Bertz CT molecular complexity index is 988. The van der Waals surface area contributed by atoms with Crippen LogP contribution in [-0.4, -0.2) is 70.1 Å². The van der Waals surface area contributed by atoms with Crippen LogP contribution < -0.4 is 4.90 Å². The molecule has 5 rings (SSSR count). The third-order valence-electron chi connectivity index (χ3n) is 5.27. The van der Waals surface area contributed by atoms with Gasteiger partial charge in [0.05, 0.1) is 18.8 Å². The Kier molecular flexibility index (Phi) is 4.20. The van der Waals surface area contributed by atoms with E-state index in [1.807, 2.05) is 24.3 Å². The number of rotatable bonds is 2. The number of morpholine rings is 1. The highest BCUT2D eigenvalue weighted by atomic mass is 35.5. The molecule has 2 fully saturated rings. The maximum Gasteiger partial charge on any atom is 0.185 e. The molecule has 2 aliphatic heterocycles. The number of hydrogen-bond donors (Lipinski definition) is 0. The summed E-state index contributed by atoms with van der Waals surface area (Å²) in [5.41, 5.74) is 1.46. The van der Waals surface area contributed by atoms with Gasteiger partial charge in [0.15, 0.2) is 11.5 Å². The minimum atomic E-state index is 0.216. The van der Waals surface area contributed by atoms with Crippen LogP contribution in [0, 0.1) is 0 Å². The van der Waals surface area contributed by atoms with Crippen molar-refractivity contribution in [2.24, 2.45) is 0 Å². The summed E-state index contributed by atoms with van der Waals surface area (Å²) in [4.78, 5) is 4.62. The first-order valence-electron chi connectivity index (χ1n) is 8.84. The van der Waals surface area contributed by atoms with E-state index in [1.165, 1.54) is 0 Å². The number of nitrogens with zero attached hydrogens (tertiary/aromatic N) is 6.